The minimum Gasteiger partial charge on any atom is -0.457 e. The summed E-state index contributed by atoms with van der Waals surface area (Å²) in [5, 5.41) is 18.3. The highest BCUT2D eigenvalue weighted by Gasteiger charge is 2.26. The summed E-state index contributed by atoms with van der Waals surface area (Å²) in [5.74, 6) is -0.381. The molecule has 0 rings (SSSR count). The Bertz CT molecular complexity index is 810. The molecule has 0 amide bonds. The van der Waals surface area contributed by atoms with E-state index in [0.717, 1.165) is 44.9 Å². The lowest BCUT2D eigenvalue weighted by atomic mass is 10.0. The van der Waals surface area contributed by atoms with Gasteiger partial charge in [-0.3, -0.25) is 13.8 Å². The molecule has 0 aromatic rings. The van der Waals surface area contributed by atoms with Crippen molar-refractivity contribution in [2.24, 2.45) is 0 Å². The van der Waals surface area contributed by atoms with Crippen LogP contribution in [-0.2, 0) is 27.9 Å². The molecule has 3 atom stereocenters. The lowest BCUT2D eigenvalue weighted by molar-refractivity contribution is -0.154. The minimum atomic E-state index is -4.51. The molecule has 51 heavy (non-hydrogen) atoms. The summed E-state index contributed by atoms with van der Waals surface area (Å²) in [6, 6.07) is 0. The van der Waals surface area contributed by atoms with Crippen LogP contribution >= 0.6 is 7.82 Å². The van der Waals surface area contributed by atoms with Crippen molar-refractivity contribution >= 4 is 13.8 Å². The summed E-state index contributed by atoms with van der Waals surface area (Å²) in [6.07, 6.45) is 37.4. The maximum absolute atomic E-state index is 12.6. The molecule has 3 N–H and O–H groups in total. The van der Waals surface area contributed by atoms with Gasteiger partial charge >= 0.3 is 13.8 Å². The zero-order chi connectivity index (χ0) is 37.5. The fraction of sp³-hybridized carbons (Fsp3) is 0.927. The highest BCUT2D eigenvalue weighted by Crippen LogP contribution is 2.43. The van der Waals surface area contributed by atoms with Gasteiger partial charge in [-0.25, -0.2) is 4.57 Å². The predicted molar refractivity (Wildman–Crippen MR) is 210 cm³/mol. The van der Waals surface area contributed by atoms with Crippen molar-refractivity contribution in [3.05, 3.63) is 12.2 Å². The highest BCUT2D eigenvalue weighted by atomic mass is 31.2. The highest BCUT2D eigenvalue weighted by molar-refractivity contribution is 7.47. The standard InChI is InChI=1S/C41H81O9P/c1-3-5-7-9-11-13-15-17-18-19-20-21-22-23-25-27-29-31-33-41(44)50-40(38-49-51(45,46)48-36-39(43)35-42)37-47-34-32-30-28-26-24-16-14-12-10-8-6-4-2/h10,12,39-40,42-43H,3-9,11,13-38H2,1-2H3,(H,45,46)/b12-10-. The molecular weight excluding hydrogens is 667 g/mol. The Morgan fingerprint density at radius 3 is 1.53 bits per heavy atom. The second kappa shape index (κ2) is 38.9. The first kappa shape index (κ1) is 50.2. The van der Waals surface area contributed by atoms with E-state index in [1.54, 1.807) is 0 Å². The number of rotatable bonds is 41. The van der Waals surface area contributed by atoms with Crippen LogP contribution in [-0.4, -0.2) is 66.3 Å². The molecule has 0 aromatic heterocycles. The second-order valence-electron chi connectivity index (χ2n) is 14.4. The van der Waals surface area contributed by atoms with Crippen molar-refractivity contribution in [2.75, 3.05) is 33.0 Å². The van der Waals surface area contributed by atoms with E-state index >= 15 is 0 Å². The average Bonchev–Trinajstić information content (AvgIpc) is 3.12. The largest absolute Gasteiger partial charge is 0.472 e. The topological polar surface area (TPSA) is 132 Å². The predicted octanol–water partition coefficient (Wildman–Crippen LogP) is 11.3. The van der Waals surface area contributed by atoms with E-state index in [-0.39, 0.29) is 25.6 Å². The third-order valence-electron chi connectivity index (χ3n) is 9.20. The van der Waals surface area contributed by atoms with Gasteiger partial charge in [-0.15, -0.1) is 0 Å². The monoisotopic (exact) mass is 749 g/mol. The summed E-state index contributed by atoms with van der Waals surface area (Å²) < 4.78 is 33.3. The molecule has 0 heterocycles. The minimum absolute atomic E-state index is 0.0501. The first-order chi connectivity index (χ1) is 24.8. The van der Waals surface area contributed by atoms with E-state index in [1.807, 2.05) is 0 Å². The summed E-state index contributed by atoms with van der Waals surface area (Å²) in [6.45, 7) is 3.50. The van der Waals surface area contributed by atoms with Crippen LogP contribution in [0.2, 0.25) is 0 Å². The SMILES string of the molecule is CCCC/C=C\CCCCCCCCOCC(COP(=O)(O)OCC(O)CO)OC(=O)CCCCCCCCCCCCCCCCCCCC. The molecule has 0 saturated carbocycles. The van der Waals surface area contributed by atoms with E-state index < -0.39 is 33.2 Å². The number of aliphatic hydroxyl groups excluding tert-OH is 2. The Labute approximate surface area is 313 Å². The van der Waals surface area contributed by atoms with Crippen molar-refractivity contribution in [1.29, 1.82) is 0 Å². The summed E-state index contributed by atoms with van der Waals surface area (Å²) in [4.78, 5) is 22.5. The molecule has 3 unspecified atom stereocenters. The molecule has 0 aliphatic carbocycles. The van der Waals surface area contributed by atoms with E-state index in [4.69, 9.17) is 23.6 Å². The molecule has 9 nitrogen and oxygen atoms in total. The van der Waals surface area contributed by atoms with E-state index in [1.165, 1.54) is 135 Å². The number of unbranched alkanes of at least 4 members (excludes halogenated alkanes) is 25. The van der Waals surface area contributed by atoms with Crippen LogP contribution in [0.3, 0.4) is 0 Å². The van der Waals surface area contributed by atoms with Gasteiger partial charge in [0.1, 0.15) is 12.2 Å². The number of carbonyl (C=O) groups excluding carboxylic acids is 1. The Kier molecular flexibility index (Phi) is 38.3. The molecule has 0 aliphatic rings. The van der Waals surface area contributed by atoms with Crippen molar-refractivity contribution < 1.29 is 43.0 Å². The zero-order valence-corrected chi connectivity index (χ0v) is 34.0. The Balaban J connectivity index is 4.12. The van der Waals surface area contributed by atoms with Crippen molar-refractivity contribution in [2.45, 2.75) is 212 Å². The van der Waals surface area contributed by atoms with Gasteiger partial charge < -0.3 is 24.6 Å². The number of esters is 1. The number of allylic oxidation sites excluding steroid dienone is 2. The summed E-state index contributed by atoms with van der Waals surface area (Å²) in [5.41, 5.74) is 0. The van der Waals surface area contributed by atoms with Crippen LogP contribution in [0.4, 0.5) is 0 Å². The first-order valence-electron chi connectivity index (χ1n) is 21.2. The molecular formula is C41H81O9P. The number of hydrogen-bond acceptors (Lipinski definition) is 8. The molecule has 0 saturated heterocycles. The maximum Gasteiger partial charge on any atom is 0.472 e. The van der Waals surface area contributed by atoms with Gasteiger partial charge in [0.05, 0.1) is 26.4 Å². The summed E-state index contributed by atoms with van der Waals surface area (Å²) in [7, 11) is -4.51. The fourth-order valence-corrected chi connectivity index (χ4v) is 6.72. The third kappa shape index (κ3) is 38.7. The van der Waals surface area contributed by atoms with Gasteiger partial charge in [-0.05, 0) is 32.1 Å². The molecule has 0 spiro atoms. The summed E-state index contributed by atoms with van der Waals surface area (Å²) >= 11 is 0. The van der Waals surface area contributed by atoms with Crippen LogP contribution < -0.4 is 0 Å². The van der Waals surface area contributed by atoms with E-state index in [0.29, 0.717) is 6.61 Å². The fourth-order valence-electron chi connectivity index (χ4n) is 5.93. The number of phosphoric acid groups is 1. The smallest absolute Gasteiger partial charge is 0.457 e. The third-order valence-corrected chi connectivity index (χ3v) is 10.2. The van der Waals surface area contributed by atoms with Crippen LogP contribution in [0.15, 0.2) is 12.2 Å². The zero-order valence-electron chi connectivity index (χ0n) is 33.1. The Hall–Kier alpha value is -0.800. The van der Waals surface area contributed by atoms with Crippen molar-refractivity contribution in [3.8, 4) is 0 Å². The van der Waals surface area contributed by atoms with Gasteiger partial charge in [0.15, 0.2) is 0 Å². The molecule has 304 valence electrons. The Morgan fingerprint density at radius 1 is 0.588 bits per heavy atom. The number of ether oxygens (including phenoxy) is 2. The van der Waals surface area contributed by atoms with Gasteiger partial charge in [0, 0.05) is 13.0 Å². The first-order valence-corrected chi connectivity index (χ1v) is 22.7. The van der Waals surface area contributed by atoms with Crippen LogP contribution in [0.5, 0.6) is 0 Å². The van der Waals surface area contributed by atoms with Gasteiger partial charge in [0.25, 0.3) is 0 Å². The lowest BCUT2D eigenvalue weighted by Crippen LogP contribution is -2.29. The number of phosphoric ester groups is 1. The lowest BCUT2D eigenvalue weighted by Gasteiger charge is -2.20. The number of aliphatic hydroxyl groups is 2. The van der Waals surface area contributed by atoms with Crippen LogP contribution in [0.1, 0.15) is 200 Å². The molecule has 0 radical (unpaired) electrons. The molecule has 10 heteroatoms. The normalized spacial score (nSPS) is 14.2. The molecule has 0 aliphatic heterocycles. The van der Waals surface area contributed by atoms with Crippen LogP contribution in [0, 0.1) is 0 Å². The van der Waals surface area contributed by atoms with Crippen molar-refractivity contribution in [1.82, 2.24) is 0 Å². The Morgan fingerprint density at radius 2 is 1.02 bits per heavy atom. The quantitative estimate of drug-likeness (QED) is 0.0242. The van der Waals surface area contributed by atoms with Crippen LogP contribution in [0.25, 0.3) is 0 Å². The molecule has 0 fully saturated rings. The van der Waals surface area contributed by atoms with Gasteiger partial charge in [-0.1, -0.05) is 174 Å². The second-order valence-corrected chi connectivity index (χ2v) is 15.8. The van der Waals surface area contributed by atoms with Crippen molar-refractivity contribution in [3.63, 3.8) is 0 Å². The molecule has 0 bridgehead atoms. The van der Waals surface area contributed by atoms with E-state index in [9.17, 15) is 19.4 Å². The molecule has 0 aromatic carbocycles. The average molecular weight is 749 g/mol. The van der Waals surface area contributed by atoms with Gasteiger partial charge in [-0.2, -0.15) is 0 Å². The maximum atomic E-state index is 12.6. The van der Waals surface area contributed by atoms with Gasteiger partial charge in [0.2, 0.25) is 0 Å². The number of carbonyl (C=O) groups is 1. The number of hydrogen-bond donors (Lipinski definition) is 3. The van der Waals surface area contributed by atoms with E-state index in [2.05, 4.69) is 26.0 Å².